The van der Waals surface area contributed by atoms with E-state index in [1.807, 2.05) is 54.6 Å². The first-order chi connectivity index (χ1) is 14.0. The van der Waals surface area contributed by atoms with Crippen molar-refractivity contribution in [2.45, 2.75) is 4.90 Å². The van der Waals surface area contributed by atoms with Gasteiger partial charge in [-0.25, -0.2) is 8.42 Å². The highest BCUT2D eigenvalue weighted by Crippen LogP contribution is 2.36. The summed E-state index contributed by atoms with van der Waals surface area (Å²) in [6.07, 6.45) is 1.81. The Morgan fingerprint density at radius 3 is 2.10 bits per heavy atom. The molecule has 4 nitrogen and oxygen atoms in total. The van der Waals surface area contributed by atoms with E-state index >= 15 is 0 Å². The van der Waals surface area contributed by atoms with Crippen LogP contribution in [0.15, 0.2) is 95.9 Å². The Hall–Kier alpha value is -3.18. The summed E-state index contributed by atoms with van der Waals surface area (Å²) >= 11 is 0. The van der Waals surface area contributed by atoms with Gasteiger partial charge in [0.15, 0.2) is 9.84 Å². The fourth-order valence-electron chi connectivity index (χ4n) is 3.67. The molecule has 1 atom stereocenters. The summed E-state index contributed by atoms with van der Waals surface area (Å²) in [6.45, 7) is 0. The first-order valence-corrected chi connectivity index (χ1v) is 11.0. The molecule has 1 aliphatic heterocycles. The van der Waals surface area contributed by atoms with Crippen LogP contribution in [0, 0.1) is 5.92 Å². The van der Waals surface area contributed by atoms with Crippen LogP contribution in [0.3, 0.4) is 0 Å². The Morgan fingerprint density at radius 1 is 0.828 bits per heavy atom. The Bertz CT molecular complexity index is 1170. The van der Waals surface area contributed by atoms with Crippen molar-refractivity contribution >= 4 is 27.0 Å². The number of carbonyl (C=O) groups excluding carboxylic acids is 1. The summed E-state index contributed by atoms with van der Waals surface area (Å²) in [5, 5.41) is 0. The number of benzene rings is 3. The first kappa shape index (κ1) is 19.2. The zero-order chi connectivity index (χ0) is 20.4. The van der Waals surface area contributed by atoms with E-state index in [9.17, 15) is 13.2 Å². The number of amides is 1. The molecule has 3 aromatic carbocycles. The van der Waals surface area contributed by atoms with Crippen molar-refractivity contribution in [3.05, 3.63) is 102 Å². The number of hydrogen-bond acceptors (Lipinski definition) is 3. The summed E-state index contributed by atoms with van der Waals surface area (Å²) in [4.78, 5) is 15.0. The zero-order valence-corrected chi connectivity index (χ0v) is 16.8. The maximum atomic E-state index is 13.2. The van der Waals surface area contributed by atoms with Gasteiger partial charge >= 0.3 is 0 Å². The molecule has 0 saturated carbocycles. The van der Waals surface area contributed by atoms with Gasteiger partial charge in [-0.1, -0.05) is 72.8 Å². The minimum atomic E-state index is -3.62. The Kier molecular flexibility index (Phi) is 5.07. The van der Waals surface area contributed by atoms with Gasteiger partial charge in [-0.2, -0.15) is 0 Å². The van der Waals surface area contributed by atoms with Gasteiger partial charge in [-0.05, 0) is 29.3 Å². The number of rotatable bonds is 4. The molecule has 0 radical (unpaired) electrons. The van der Waals surface area contributed by atoms with E-state index in [4.69, 9.17) is 0 Å². The van der Waals surface area contributed by atoms with Crippen LogP contribution in [0.25, 0.3) is 5.57 Å². The highest BCUT2D eigenvalue weighted by molar-refractivity contribution is 7.91. The quantitative estimate of drug-likeness (QED) is 0.657. The molecule has 0 bridgehead atoms. The lowest BCUT2D eigenvalue weighted by Gasteiger charge is -2.21. The minimum absolute atomic E-state index is 0.229. The maximum Gasteiger partial charge on any atom is 0.234 e. The largest absolute Gasteiger partial charge is 0.314 e. The van der Waals surface area contributed by atoms with Crippen molar-refractivity contribution in [3.63, 3.8) is 0 Å². The number of hydrogen-bond donors (Lipinski definition) is 0. The summed E-state index contributed by atoms with van der Waals surface area (Å²) in [5.74, 6) is -1.29. The number of para-hydroxylation sites is 1. The van der Waals surface area contributed by atoms with Crippen LogP contribution in [0.1, 0.15) is 11.1 Å². The number of carbonyl (C=O) groups is 1. The molecule has 1 heterocycles. The van der Waals surface area contributed by atoms with Crippen molar-refractivity contribution in [1.29, 1.82) is 0 Å². The molecule has 0 fully saturated rings. The Balaban J connectivity index is 1.84. The molecule has 1 amide bonds. The van der Waals surface area contributed by atoms with Crippen molar-refractivity contribution < 1.29 is 13.2 Å². The molecule has 5 heteroatoms. The summed E-state index contributed by atoms with van der Waals surface area (Å²) in [5.41, 5.74) is 3.50. The van der Waals surface area contributed by atoms with Gasteiger partial charge in [0.25, 0.3) is 0 Å². The third-order valence-corrected chi connectivity index (χ3v) is 6.95. The standard InChI is InChI=1S/C24H21NO3S/c1-25-23-15-9-8-14-21(23)22(18-10-4-2-5-11-18)16-19(24(25)26)17-29(27,28)20-12-6-3-7-13-20/h2-16,19H,17H2,1H3. The smallest absolute Gasteiger partial charge is 0.234 e. The maximum absolute atomic E-state index is 13.2. The Labute approximate surface area is 171 Å². The third kappa shape index (κ3) is 3.74. The molecule has 0 spiro atoms. The van der Waals surface area contributed by atoms with Gasteiger partial charge in [-0.15, -0.1) is 0 Å². The number of fused-ring (bicyclic) bond motifs is 1. The highest BCUT2D eigenvalue weighted by Gasteiger charge is 2.32. The second-order valence-corrected chi connectivity index (χ2v) is 9.10. The average Bonchev–Trinajstić information content (AvgIpc) is 2.86. The average molecular weight is 404 g/mol. The topological polar surface area (TPSA) is 54.5 Å². The molecular formula is C24H21NO3S. The van der Waals surface area contributed by atoms with Crippen LogP contribution in [-0.4, -0.2) is 27.1 Å². The summed E-state index contributed by atoms with van der Waals surface area (Å²) < 4.78 is 26.0. The molecular weight excluding hydrogens is 382 g/mol. The predicted molar refractivity (Wildman–Crippen MR) is 115 cm³/mol. The van der Waals surface area contributed by atoms with Crippen molar-refractivity contribution in [2.75, 3.05) is 17.7 Å². The van der Waals surface area contributed by atoms with E-state index in [-0.39, 0.29) is 16.6 Å². The molecule has 29 heavy (non-hydrogen) atoms. The van der Waals surface area contributed by atoms with Crippen LogP contribution < -0.4 is 4.90 Å². The monoisotopic (exact) mass is 403 g/mol. The zero-order valence-electron chi connectivity index (χ0n) is 16.0. The van der Waals surface area contributed by atoms with Gasteiger partial charge in [0, 0.05) is 12.6 Å². The fraction of sp³-hybridized carbons (Fsp3) is 0.125. The van der Waals surface area contributed by atoms with Crippen molar-refractivity contribution in [1.82, 2.24) is 0 Å². The van der Waals surface area contributed by atoms with Gasteiger partial charge in [0.05, 0.1) is 22.3 Å². The lowest BCUT2D eigenvalue weighted by atomic mass is 9.94. The number of nitrogens with zero attached hydrogens (tertiary/aromatic N) is 1. The molecule has 3 aromatic rings. The van der Waals surface area contributed by atoms with Crippen LogP contribution >= 0.6 is 0 Å². The normalized spacial score (nSPS) is 16.7. The summed E-state index contributed by atoms with van der Waals surface area (Å²) in [7, 11) is -1.92. The number of anilines is 1. The first-order valence-electron chi connectivity index (χ1n) is 9.39. The molecule has 0 N–H and O–H groups in total. The predicted octanol–water partition coefficient (Wildman–Crippen LogP) is 4.18. The van der Waals surface area contributed by atoms with Crippen molar-refractivity contribution in [3.8, 4) is 0 Å². The lowest BCUT2D eigenvalue weighted by molar-refractivity contribution is -0.120. The van der Waals surface area contributed by atoms with E-state index in [1.165, 1.54) is 0 Å². The molecule has 0 saturated heterocycles. The molecule has 0 aliphatic carbocycles. The molecule has 0 aromatic heterocycles. The van der Waals surface area contributed by atoms with Crippen LogP contribution in [-0.2, 0) is 14.6 Å². The summed E-state index contributed by atoms with van der Waals surface area (Å²) in [6, 6.07) is 25.7. The van der Waals surface area contributed by atoms with E-state index in [1.54, 1.807) is 48.4 Å². The van der Waals surface area contributed by atoms with Gasteiger partial charge in [-0.3, -0.25) is 4.79 Å². The molecule has 1 aliphatic rings. The van der Waals surface area contributed by atoms with E-state index in [0.29, 0.717) is 0 Å². The second-order valence-electron chi connectivity index (χ2n) is 7.06. The van der Waals surface area contributed by atoms with Gasteiger partial charge in [0.1, 0.15) is 0 Å². The van der Waals surface area contributed by atoms with Crippen LogP contribution in [0.2, 0.25) is 0 Å². The molecule has 1 unspecified atom stereocenters. The van der Waals surface area contributed by atoms with Crippen molar-refractivity contribution in [2.24, 2.45) is 5.92 Å². The van der Waals surface area contributed by atoms with E-state index in [2.05, 4.69) is 0 Å². The lowest BCUT2D eigenvalue weighted by Crippen LogP contribution is -2.35. The fourth-order valence-corrected chi connectivity index (χ4v) is 5.15. The molecule has 4 rings (SSSR count). The number of sulfone groups is 1. The Morgan fingerprint density at radius 2 is 1.41 bits per heavy atom. The van der Waals surface area contributed by atoms with Gasteiger partial charge in [0.2, 0.25) is 5.91 Å². The molecule has 146 valence electrons. The minimum Gasteiger partial charge on any atom is -0.314 e. The SMILES string of the molecule is CN1C(=O)C(CS(=O)(=O)c2ccccc2)C=C(c2ccccc2)c2ccccc21. The second kappa shape index (κ2) is 7.68. The van der Waals surface area contributed by atoms with Gasteiger partial charge < -0.3 is 4.90 Å². The van der Waals surface area contributed by atoms with E-state index in [0.717, 1.165) is 22.4 Å². The highest BCUT2D eigenvalue weighted by atomic mass is 32.2. The van der Waals surface area contributed by atoms with Crippen LogP contribution in [0.5, 0.6) is 0 Å². The van der Waals surface area contributed by atoms with Crippen LogP contribution in [0.4, 0.5) is 5.69 Å². The third-order valence-electron chi connectivity index (χ3n) is 5.16. The van der Waals surface area contributed by atoms with E-state index < -0.39 is 15.8 Å².